The lowest BCUT2D eigenvalue weighted by Crippen LogP contribution is -2.11. The van der Waals surface area contributed by atoms with Gasteiger partial charge in [0.05, 0.1) is 5.56 Å². The summed E-state index contributed by atoms with van der Waals surface area (Å²) in [5.74, 6) is 0.982. The number of H-pyrrole nitrogens is 1. The smallest absolute Gasteiger partial charge is 0.282 e. The SMILES string of the molecule is Nc1nc(-c2cccc3c2OCO3)[nH]c(=O)c1N=O. The van der Waals surface area contributed by atoms with Crippen molar-refractivity contribution in [3.8, 4) is 22.9 Å². The zero-order valence-corrected chi connectivity index (χ0v) is 9.54. The summed E-state index contributed by atoms with van der Waals surface area (Å²) in [6.45, 7) is 0.0973. The number of nitroso groups, excluding NO2 is 1. The molecule has 2 aromatic rings. The summed E-state index contributed by atoms with van der Waals surface area (Å²) in [6.07, 6.45) is 0. The van der Waals surface area contributed by atoms with E-state index >= 15 is 0 Å². The van der Waals surface area contributed by atoms with E-state index in [1.807, 2.05) is 0 Å². The fourth-order valence-electron chi connectivity index (χ4n) is 1.82. The van der Waals surface area contributed by atoms with Gasteiger partial charge >= 0.3 is 0 Å². The molecule has 0 radical (unpaired) electrons. The molecule has 0 saturated carbocycles. The minimum absolute atomic E-state index is 0.0973. The minimum Gasteiger partial charge on any atom is -0.454 e. The van der Waals surface area contributed by atoms with Gasteiger partial charge < -0.3 is 20.2 Å². The van der Waals surface area contributed by atoms with Crippen LogP contribution in [0.15, 0.2) is 28.2 Å². The van der Waals surface area contributed by atoms with Gasteiger partial charge in [0.1, 0.15) is 5.82 Å². The Morgan fingerprint density at radius 2 is 2.21 bits per heavy atom. The number of para-hydroxylation sites is 1. The van der Waals surface area contributed by atoms with Gasteiger partial charge in [-0.3, -0.25) is 4.79 Å². The van der Waals surface area contributed by atoms with Gasteiger partial charge in [0.15, 0.2) is 17.3 Å². The number of nitrogens with one attached hydrogen (secondary N) is 1. The van der Waals surface area contributed by atoms with Crippen LogP contribution >= 0.6 is 0 Å². The molecule has 0 unspecified atom stereocenters. The van der Waals surface area contributed by atoms with Crippen LogP contribution in [0.3, 0.4) is 0 Å². The zero-order chi connectivity index (χ0) is 13.4. The first-order chi connectivity index (χ1) is 9.20. The molecule has 2 heterocycles. The van der Waals surface area contributed by atoms with Crippen molar-refractivity contribution in [3.63, 3.8) is 0 Å². The van der Waals surface area contributed by atoms with Gasteiger partial charge in [-0.2, -0.15) is 0 Å². The van der Waals surface area contributed by atoms with Crippen molar-refractivity contribution in [3.05, 3.63) is 33.5 Å². The monoisotopic (exact) mass is 260 g/mol. The number of rotatable bonds is 2. The molecular weight excluding hydrogens is 252 g/mol. The van der Waals surface area contributed by atoms with Crippen LogP contribution < -0.4 is 20.8 Å². The molecule has 1 aromatic carbocycles. The van der Waals surface area contributed by atoms with Crippen LogP contribution in [-0.2, 0) is 0 Å². The third kappa shape index (κ3) is 1.69. The van der Waals surface area contributed by atoms with Gasteiger partial charge in [-0.15, -0.1) is 4.91 Å². The fraction of sp³-hybridized carbons (Fsp3) is 0.0909. The average molecular weight is 260 g/mol. The maximum Gasteiger partial charge on any atom is 0.282 e. The predicted molar refractivity (Wildman–Crippen MR) is 66.3 cm³/mol. The molecule has 0 amide bonds. The van der Waals surface area contributed by atoms with E-state index < -0.39 is 11.2 Å². The summed E-state index contributed by atoms with van der Waals surface area (Å²) >= 11 is 0. The van der Waals surface area contributed by atoms with Crippen molar-refractivity contribution in [2.75, 3.05) is 12.5 Å². The van der Waals surface area contributed by atoms with E-state index in [-0.39, 0.29) is 18.4 Å². The molecule has 0 spiro atoms. The summed E-state index contributed by atoms with van der Waals surface area (Å²) in [6, 6.07) is 5.15. The topological polar surface area (TPSA) is 120 Å². The Morgan fingerprint density at radius 1 is 1.37 bits per heavy atom. The van der Waals surface area contributed by atoms with E-state index in [0.29, 0.717) is 17.1 Å². The Hall–Kier alpha value is -2.90. The van der Waals surface area contributed by atoms with Crippen molar-refractivity contribution in [2.24, 2.45) is 5.18 Å². The number of nitrogens with two attached hydrogens (primary N) is 1. The standard InChI is InChI=1S/C11H8N4O4/c12-9-7(15-17)11(16)14-10(13-9)5-2-1-3-6-8(5)19-4-18-6/h1-3H,4H2,(H3,12,13,14,16). The Balaban J connectivity index is 2.21. The second kappa shape index (κ2) is 4.09. The number of anilines is 1. The van der Waals surface area contributed by atoms with Crippen LogP contribution in [0.2, 0.25) is 0 Å². The molecule has 8 nitrogen and oxygen atoms in total. The molecule has 3 rings (SSSR count). The van der Waals surface area contributed by atoms with Crippen LogP contribution in [-0.4, -0.2) is 16.8 Å². The molecular formula is C11H8N4O4. The summed E-state index contributed by atoms with van der Waals surface area (Å²) in [5.41, 5.74) is 4.91. The number of aromatic amines is 1. The van der Waals surface area contributed by atoms with E-state index in [4.69, 9.17) is 15.2 Å². The van der Waals surface area contributed by atoms with Gasteiger partial charge in [0.25, 0.3) is 5.56 Å². The zero-order valence-electron chi connectivity index (χ0n) is 9.54. The van der Waals surface area contributed by atoms with Crippen molar-refractivity contribution in [1.29, 1.82) is 0 Å². The molecule has 0 aliphatic carbocycles. The number of fused-ring (bicyclic) bond motifs is 1. The number of ether oxygens (including phenoxy) is 2. The van der Waals surface area contributed by atoms with E-state index in [1.54, 1.807) is 18.2 Å². The number of aromatic nitrogens is 2. The highest BCUT2D eigenvalue weighted by atomic mass is 16.7. The number of nitrogens with zero attached hydrogens (tertiary/aromatic N) is 2. The van der Waals surface area contributed by atoms with Crippen LogP contribution in [0.5, 0.6) is 11.5 Å². The number of hydrogen-bond donors (Lipinski definition) is 2. The molecule has 96 valence electrons. The Bertz CT molecular complexity index is 725. The summed E-state index contributed by atoms with van der Waals surface area (Å²) in [4.78, 5) is 28.5. The summed E-state index contributed by atoms with van der Waals surface area (Å²) < 4.78 is 10.5. The lowest BCUT2D eigenvalue weighted by molar-refractivity contribution is 0.174. The van der Waals surface area contributed by atoms with Crippen molar-refractivity contribution >= 4 is 11.5 Å². The van der Waals surface area contributed by atoms with E-state index in [0.717, 1.165) is 0 Å². The first kappa shape index (κ1) is 11.2. The minimum atomic E-state index is -0.700. The first-order valence-corrected chi connectivity index (χ1v) is 5.33. The third-order valence-electron chi connectivity index (χ3n) is 2.66. The van der Waals surface area contributed by atoms with Crippen LogP contribution in [0.25, 0.3) is 11.4 Å². The van der Waals surface area contributed by atoms with Crippen molar-refractivity contribution in [1.82, 2.24) is 9.97 Å². The van der Waals surface area contributed by atoms with Gasteiger partial charge in [-0.05, 0) is 17.3 Å². The van der Waals surface area contributed by atoms with Gasteiger partial charge in [-0.1, -0.05) is 6.07 Å². The molecule has 0 fully saturated rings. The van der Waals surface area contributed by atoms with E-state index in [2.05, 4.69) is 15.1 Å². The number of benzene rings is 1. The Kier molecular flexibility index (Phi) is 2.41. The molecule has 0 atom stereocenters. The third-order valence-corrected chi connectivity index (χ3v) is 2.66. The highest BCUT2D eigenvalue weighted by molar-refractivity contribution is 5.71. The van der Waals surface area contributed by atoms with Crippen LogP contribution in [0.1, 0.15) is 0 Å². The lowest BCUT2D eigenvalue weighted by atomic mass is 10.1. The maximum absolute atomic E-state index is 11.6. The quantitative estimate of drug-likeness (QED) is 0.781. The van der Waals surface area contributed by atoms with E-state index in [1.165, 1.54) is 0 Å². The Morgan fingerprint density at radius 3 is 2.95 bits per heavy atom. The Labute approximate surface area is 106 Å². The van der Waals surface area contributed by atoms with Crippen LogP contribution in [0.4, 0.5) is 11.5 Å². The predicted octanol–water partition coefficient (Wildman–Crippen LogP) is 1.15. The van der Waals surface area contributed by atoms with E-state index in [9.17, 15) is 9.70 Å². The second-order valence-electron chi connectivity index (χ2n) is 3.78. The van der Waals surface area contributed by atoms with Gasteiger partial charge in [0.2, 0.25) is 12.5 Å². The van der Waals surface area contributed by atoms with Crippen molar-refractivity contribution < 1.29 is 9.47 Å². The van der Waals surface area contributed by atoms with Gasteiger partial charge in [0, 0.05) is 0 Å². The molecule has 1 aromatic heterocycles. The highest BCUT2D eigenvalue weighted by Crippen LogP contribution is 2.39. The summed E-state index contributed by atoms with van der Waals surface area (Å²) in [7, 11) is 0. The first-order valence-electron chi connectivity index (χ1n) is 5.33. The lowest BCUT2D eigenvalue weighted by Gasteiger charge is -2.06. The molecule has 19 heavy (non-hydrogen) atoms. The number of hydrogen-bond acceptors (Lipinski definition) is 7. The molecule has 1 aliphatic rings. The normalized spacial score (nSPS) is 12.4. The van der Waals surface area contributed by atoms with Crippen LogP contribution in [0, 0.1) is 4.91 Å². The molecule has 0 saturated heterocycles. The number of nitrogen functional groups attached to an aromatic ring is 1. The molecule has 8 heteroatoms. The highest BCUT2D eigenvalue weighted by Gasteiger charge is 2.21. The maximum atomic E-state index is 11.6. The fourth-order valence-corrected chi connectivity index (χ4v) is 1.82. The van der Waals surface area contributed by atoms with Crippen molar-refractivity contribution in [2.45, 2.75) is 0 Å². The van der Waals surface area contributed by atoms with Gasteiger partial charge in [-0.25, -0.2) is 4.98 Å². The molecule has 0 bridgehead atoms. The molecule has 1 aliphatic heterocycles. The molecule has 3 N–H and O–H groups in total. The summed E-state index contributed by atoms with van der Waals surface area (Å²) in [5, 5.41) is 2.54. The largest absolute Gasteiger partial charge is 0.454 e. The average Bonchev–Trinajstić information content (AvgIpc) is 2.86. The second-order valence-corrected chi connectivity index (χ2v) is 3.78.